The minimum absolute atomic E-state index is 0.0770. The van der Waals surface area contributed by atoms with Crippen LogP contribution in [-0.2, 0) is 17.1 Å². The number of aromatic nitrogens is 2. The molecule has 0 aliphatic heterocycles. The fourth-order valence-electron chi connectivity index (χ4n) is 1.10. The standard InChI is InChI=1S/C9H17N5O2S/c1-6-12-7(5-14(6)4)17(15,16)13-9(2,3)8(10)11/h5,13H,1-4H3,(H3,10,11). The topological polar surface area (TPSA) is 114 Å². The average molecular weight is 259 g/mol. The summed E-state index contributed by atoms with van der Waals surface area (Å²) < 4.78 is 27.9. The van der Waals surface area contributed by atoms with Gasteiger partial charge in [-0.05, 0) is 20.8 Å². The Morgan fingerprint density at radius 2 is 2.12 bits per heavy atom. The van der Waals surface area contributed by atoms with Crippen LogP contribution in [0.3, 0.4) is 0 Å². The number of rotatable bonds is 4. The Labute approximate surface area is 101 Å². The van der Waals surface area contributed by atoms with Crippen molar-refractivity contribution in [1.29, 1.82) is 5.41 Å². The highest BCUT2D eigenvalue weighted by atomic mass is 32.2. The second-order valence-electron chi connectivity index (χ2n) is 4.38. The van der Waals surface area contributed by atoms with Gasteiger partial charge in [0.05, 0.1) is 5.54 Å². The monoisotopic (exact) mass is 259 g/mol. The smallest absolute Gasteiger partial charge is 0.260 e. The molecule has 4 N–H and O–H groups in total. The molecule has 0 unspecified atom stereocenters. The maximum absolute atomic E-state index is 12.0. The van der Waals surface area contributed by atoms with Gasteiger partial charge in [0.25, 0.3) is 10.0 Å². The Morgan fingerprint density at radius 1 is 1.59 bits per heavy atom. The van der Waals surface area contributed by atoms with Crippen LogP contribution in [0.5, 0.6) is 0 Å². The van der Waals surface area contributed by atoms with E-state index < -0.39 is 15.6 Å². The minimum Gasteiger partial charge on any atom is -0.386 e. The lowest BCUT2D eigenvalue weighted by Crippen LogP contribution is -2.52. The molecule has 7 nitrogen and oxygen atoms in total. The molecule has 1 rings (SSSR count). The zero-order chi connectivity index (χ0) is 13.4. The Balaban J connectivity index is 3.09. The van der Waals surface area contributed by atoms with Crippen LogP contribution in [0, 0.1) is 12.3 Å². The SMILES string of the molecule is Cc1nc(S(=O)(=O)NC(C)(C)C(=N)N)cn1C. The lowest BCUT2D eigenvalue weighted by molar-refractivity contribution is 0.539. The molecule has 0 amide bonds. The van der Waals surface area contributed by atoms with E-state index in [1.165, 1.54) is 20.0 Å². The molecule has 17 heavy (non-hydrogen) atoms. The number of hydrogen-bond acceptors (Lipinski definition) is 4. The van der Waals surface area contributed by atoms with E-state index in [0.717, 1.165) is 0 Å². The number of hydrogen-bond donors (Lipinski definition) is 3. The molecule has 0 radical (unpaired) electrons. The molecule has 96 valence electrons. The van der Waals surface area contributed by atoms with E-state index in [1.54, 1.807) is 18.5 Å². The molecule has 0 bridgehead atoms. The van der Waals surface area contributed by atoms with Gasteiger partial charge in [-0.1, -0.05) is 0 Å². The van der Waals surface area contributed by atoms with Gasteiger partial charge < -0.3 is 10.3 Å². The van der Waals surface area contributed by atoms with Crippen LogP contribution < -0.4 is 10.5 Å². The molecule has 1 heterocycles. The first-order chi connectivity index (χ1) is 7.56. The van der Waals surface area contributed by atoms with E-state index in [1.807, 2.05) is 0 Å². The molecule has 8 heteroatoms. The number of nitrogens with one attached hydrogen (secondary N) is 2. The van der Waals surface area contributed by atoms with Gasteiger partial charge in [-0.2, -0.15) is 4.72 Å². The molecular formula is C9H17N5O2S. The summed E-state index contributed by atoms with van der Waals surface area (Å²) in [5.41, 5.74) is 4.19. The Kier molecular flexibility index (Phi) is 3.30. The van der Waals surface area contributed by atoms with E-state index in [4.69, 9.17) is 11.1 Å². The highest BCUT2D eigenvalue weighted by Crippen LogP contribution is 2.12. The predicted molar refractivity (Wildman–Crippen MR) is 64.3 cm³/mol. The number of nitrogens with two attached hydrogens (primary N) is 1. The third-order valence-corrected chi connectivity index (χ3v) is 3.95. The predicted octanol–water partition coefficient (Wildman–Crippen LogP) is -0.279. The summed E-state index contributed by atoms with van der Waals surface area (Å²) in [4.78, 5) is 3.93. The van der Waals surface area contributed by atoms with E-state index in [0.29, 0.717) is 5.82 Å². The second kappa shape index (κ2) is 4.11. The number of sulfonamides is 1. The van der Waals surface area contributed by atoms with Crippen molar-refractivity contribution < 1.29 is 8.42 Å². The Bertz CT molecular complexity index is 524. The van der Waals surface area contributed by atoms with Gasteiger partial charge in [0, 0.05) is 13.2 Å². The molecule has 1 aromatic rings. The molecule has 0 spiro atoms. The molecule has 0 atom stereocenters. The van der Waals surface area contributed by atoms with Crippen LogP contribution in [-0.4, -0.2) is 29.3 Å². The van der Waals surface area contributed by atoms with Crippen molar-refractivity contribution in [2.24, 2.45) is 12.8 Å². The lowest BCUT2D eigenvalue weighted by atomic mass is 10.1. The van der Waals surface area contributed by atoms with Crippen LogP contribution in [0.25, 0.3) is 0 Å². The average Bonchev–Trinajstić information content (AvgIpc) is 2.45. The van der Waals surface area contributed by atoms with Gasteiger partial charge in [0.1, 0.15) is 11.7 Å². The largest absolute Gasteiger partial charge is 0.386 e. The molecular weight excluding hydrogens is 242 g/mol. The van der Waals surface area contributed by atoms with Gasteiger partial charge in [-0.15, -0.1) is 0 Å². The lowest BCUT2D eigenvalue weighted by Gasteiger charge is -2.23. The quantitative estimate of drug-likeness (QED) is 0.509. The molecule has 0 aliphatic carbocycles. The summed E-state index contributed by atoms with van der Waals surface area (Å²) >= 11 is 0. The first kappa shape index (κ1) is 13.7. The summed E-state index contributed by atoms with van der Waals surface area (Å²) in [5, 5.41) is 7.24. The summed E-state index contributed by atoms with van der Waals surface area (Å²) in [6, 6.07) is 0. The maximum atomic E-state index is 12.0. The summed E-state index contributed by atoms with van der Waals surface area (Å²) in [6.07, 6.45) is 1.41. The van der Waals surface area contributed by atoms with Crippen LogP contribution in [0.4, 0.5) is 0 Å². The number of nitrogens with zero attached hydrogens (tertiary/aromatic N) is 2. The molecule has 0 saturated carbocycles. The normalized spacial score (nSPS) is 12.7. The first-order valence-electron chi connectivity index (χ1n) is 4.95. The van der Waals surface area contributed by atoms with Gasteiger partial charge in [-0.25, -0.2) is 13.4 Å². The maximum Gasteiger partial charge on any atom is 0.260 e. The summed E-state index contributed by atoms with van der Waals surface area (Å²) in [7, 11) is -2.06. The van der Waals surface area contributed by atoms with E-state index >= 15 is 0 Å². The highest BCUT2D eigenvalue weighted by Gasteiger charge is 2.30. The van der Waals surface area contributed by atoms with Crippen molar-refractivity contribution in [2.75, 3.05) is 0 Å². The van der Waals surface area contributed by atoms with Crippen molar-refractivity contribution in [3.05, 3.63) is 12.0 Å². The van der Waals surface area contributed by atoms with Gasteiger partial charge in [-0.3, -0.25) is 5.41 Å². The Hall–Kier alpha value is -1.41. The zero-order valence-corrected chi connectivity index (χ0v) is 11.1. The third-order valence-electron chi connectivity index (χ3n) is 2.42. The summed E-state index contributed by atoms with van der Waals surface area (Å²) in [5.74, 6) is 0.333. The highest BCUT2D eigenvalue weighted by molar-refractivity contribution is 7.89. The molecule has 0 fully saturated rings. The molecule has 0 aliphatic rings. The second-order valence-corrected chi connectivity index (χ2v) is 6.01. The van der Waals surface area contributed by atoms with Gasteiger partial charge in [0.15, 0.2) is 5.03 Å². The Morgan fingerprint density at radius 3 is 2.47 bits per heavy atom. The van der Waals surface area contributed by atoms with Crippen LogP contribution in [0.15, 0.2) is 11.2 Å². The fourth-order valence-corrected chi connectivity index (χ4v) is 2.53. The number of imidazole rings is 1. The minimum atomic E-state index is -3.77. The van der Waals surface area contributed by atoms with Gasteiger partial charge >= 0.3 is 0 Å². The van der Waals surface area contributed by atoms with E-state index in [9.17, 15) is 8.42 Å². The van der Waals surface area contributed by atoms with Crippen LogP contribution >= 0.6 is 0 Å². The molecule has 0 aromatic carbocycles. The van der Waals surface area contributed by atoms with Crippen molar-refractivity contribution in [2.45, 2.75) is 31.3 Å². The van der Waals surface area contributed by atoms with Crippen LogP contribution in [0.2, 0.25) is 0 Å². The fraction of sp³-hybridized carbons (Fsp3) is 0.556. The summed E-state index contributed by atoms with van der Waals surface area (Å²) in [6.45, 7) is 4.74. The van der Waals surface area contributed by atoms with Gasteiger partial charge in [0.2, 0.25) is 0 Å². The number of aryl methyl sites for hydroxylation is 2. The first-order valence-corrected chi connectivity index (χ1v) is 6.43. The van der Waals surface area contributed by atoms with E-state index in [-0.39, 0.29) is 10.9 Å². The number of amidine groups is 1. The zero-order valence-electron chi connectivity index (χ0n) is 10.3. The van der Waals surface area contributed by atoms with Crippen molar-refractivity contribution in [3.63, 3.8) is 0 Å². The van der Waals surface area contributed by atoms with E-state index in [2.05, 4.69) is 9.71 Å². The molecule has 0 saturated heterocycles. The van der Waals surface area contributed by atoms with Crippen LogP contribution in [0.1, 0.15) is 19.7 Å². The van der Waals surface area contributed by atoms with Crippen molar-refractivity contribution >= 4 is 15.9 Å². The molecule has 1 aromatic heterocycles. The van der Waals surface area contributed by atoms with Crippen molar-refractivity contribution in [3.8, 4) is 0 Å². The third kappa shape index (κ3) is 2.83. The van der Waals surface area contributed by atoms with Crippen molar-refractivity contribution in [1.82, 2.24) is 14.3 Å².